The van der Waals surface area contributed by atoms with E-state index >= 15 is 0 Å². The molecule has 1 atom stereocenters. The van der Waals surface area contributed by atoms with Crippen molar-refractivity contribution < 1.29 is 17.9 Å². The van der Waals surface area contributed by atoms with Crippen LogP contribution >= 0.6 is 0 Å². The van der Waals surface area contributed by atoms with Gasteiger partial charge < -0.3 is 15.0 Å². The van der Waals surface area contributed by atoms with Crippen LogP contribution in [0.25, 0.3) is 0 Å². The van der Waals surface area contributed by atoms with Crippen molar-refractivity contribution in [2.45, 2.75) is 32.1 Å². The maximum Gasteiger partial charge on any atom is 0.411 e. The van der Waals surface area contributed by atoms with Crippen LogP contribution < -0.4 is 5.73 Å². The second kappa shape index (κ2) is 6.02. The van der Waals surface area contributed by atoms with Gasteiger partial charge in [-0.05, 0) is 6.42 Å². The zero-order chi connectivity index (χ0) is 12.9. The molecule has 0 saturated carbocycles. The third-order valence-corrected chi connectivity index (χ3v) is 2.11. The zero-order valence-corrected chi connectivity index (χ0v) is 9.57. The monoisotopic (exact) mass is 251 g/mol. The van der Waals surface area contributed by atoms with Gasteiger partial charge in [0.05, 0.1) is 12.6 Å². The van der Waals surface area contributed by atoms with Crippen LogP contribution in [0.2, 0.25) is 0 Å². The van der Waals surface area contributed by atoms with Crippen molar-refractivity contribution in [3.8, 4) is 0 Å². The molecule has 0 spiro atoms. The number of aryl methyl sites for hydroxylation is 1. The first-order valence-electron chi connectivity index (χ1n) is 5.35. The van der Waals surface area contributed by atoms with Gasteiger partial charge in [0, 0.05) is 18.9 Å². The highest BCUT2D eigenvalue weighted by molar-refractivity contribution is 4.98. The average molecular weight is 251 g/mol. The van der Waals surface area contributed by atoms with Gasteiger partial charge in [-0.3, -0.25) is 0 Å². The van der Waals surface area contributed by atoms with Crippen molar-refractivity contribution in [3.05, 3.63) is 18.2 Å². The molecule has 2 N–H and O–H groups in total. The lowest BCUT2D eigenvalue weighted by atomic mass is 10.3. The fraction of sp³-hybridized carbons (Fsp3) is 0.700. The summed E-state index contributed by atoms with van der Waals surface area (Å²) in [6.07, 6.45) is -0.0882. The number of ether oxygens (including phenoxy) is 1. The Bertz CT molecular complexity index is 338. The number of hydrogen-bond donors (Lipinski definition) is 1. The first-order valence-corrected chi connectivity index (χ1v) is 5.35. The summed E-state index contributed by atoms with van der Waals surface area (Å²) in [6, 6.07) is -0.640. The van der Waals surface area contributed by atoms with E-state index in [0.717, 1.165) is 13.0 Å². The fourth-order valence-electron chi connectivity index (χ4n) is 1.46. The molecule has 0 fully saturated rings. The van der Waals surface area contributed by atoms with Gasteiger partial charge in [0.1, 0.15) is 12.4 Å². The molecule has 1 aromatic heterocycles. The van der Waals surface area contributed by atoms with Crippen molar-refractivity contribution >= 4 is 0 Å². The molecule has 0 bridgehead atoms. The fourth-order valence-corrected chi connectivity index (χ4v) is 1.46. The van der Waals surface area contributed by atoms with Crippen LogP contribution in [0.5, 0.6) is 0 Å². The van der Waals surface area contributed by atoms with Crippen LogP contribution in [0.1, 0.15) is 25.2 Å². The van der Waals surface area contributed by atoms with Crippen molar-refractivity contribution in [2.24, 2.45) is 5.73 Å². The predicted molar refractivity (Wildman–Crippen MR) is 56.3 cm³/mol. The Labute approximate surface area is 97.6 Å². The number of nitrogens with two attached hydrogens (primary N) is 1. The normalized spacial score (nSPS) is 13.9. The van der Waals surface area contributed by atoms with E-state index in [2.05, 4.69) is 9.72 Å². The molecule has 1 rings (SSSR count). The van der Waals surface area contributed by atoms with E-state index in [1.807, 2.05) is 11.5 Å². The van der Waals surface area contributed by atoms with E-state index in [1.165, 1.54) is 0 Å². The quantitative estimate of drug-likeness (QED) is 0.839. The number of alkyl halides is 3. The molecule has 7 heteroatoms. The highest BCUT2D eigenvalue weighted by atomic mass is 19.4. The summed E-state index contributed by atoms with van der Waals surface area (Å²) >= 11 is 0. The number of aromatic nitrogens is 2. The number of nitrogens with zero attached hydrogens (tertiary/aromatic N) is 2. The van der Waals surface area contributed by atoms with E-state index in [1.54, 1.807) is 12.4 Å². The van der Waals surface area contributed by atoms with Crippen molar-refractivity contribution in [3.63, 3.8) is 0 Å². The highest BCUT2D eigenvalue weighted by Crippen LogP contribution is 2.16. The molecule has 0 amide bonds. The SMILES string of the molecule is CCCn1ccnc1C(N)COCC(F)(F)F. The molecule has 4 nitrogen and oxygen atoms in total. The summed E-state index contributed by atoms with van der Waals surface area (Å²) in [6.45, 7) is 1.26. The molecule has 0 saturated heterocycles. The molecular formula is C10H16F3N3O. The standard InChI is InChI=1S/C10H16F3N3O/c1-2-4-16-5-3-15-9(16)8(14)6-17-7-10(11,12)13/h3,5,8H,2,4,6-7,14H2,1H3. The molecule has 0 aliphatic carbocycles. The van der Waals surface area contributed by atoms with Gasteiger partial charge in [0.15, 0.2) is 0 Å². The van der Waals surface area contributed by atoms with Gasteiger partial charge in [-0.2, -0.15) is 13.2 Å². The second-order valence-electron chi connectivity index (χ2n) is 3.72. The van der Waals surface area contributed by atoms with Crippen LogP contribution in [0.3, 0.4) is 0 Å². The smallest absolute Gasteiger partial charge is 0.370 e. The Hall–Kier alpha value is -1.08. The highest BCUT2D eigenvalue weighted by Gasteiger charge is 2.28. The van der Waals surface area contributed by atoms with Gasteiger partial charge in [0.25, 0.3) is 0 Å². The lowest BCUT2D eigenvalue weighted by Gasteiger charge is -2.14. The van der Waals surface area contributed by atoms with Crippen LogP contribution in [0, 0.1) is 0 Å². The molecule has 0 radical (unpaired) electrons. The molecule has 1 unspecified atom stereocenters. The van der Waals surface area contributed by atoms with Crippen LogP contribution in [0.15, 0.2) is 12.4 Å². The van der Waals surface area contributed by atoms with Gasteiger partial charge in [0.2, 0.25) is 0 Å². The Morgan fingerprint density at radius 3 is 2.82 bits per heavy atom. The maximum atomic E-state index is 11.9. The Kier molecular flexibility index (Phi) is 4.95. The Morgan fingerprint density at radius 2 is 2.24 bits per heavy atom. The van der Waals surface area contributed by atoms with E-state index in [9.17, 15) is 13.2 Å². The molecule has 1 heterocycles. The number of hydrogen-bond acceptors (Lipinski definition) is 3. The van der Waals surface area contributed by atoms with Crippen molar-refractivity contribution in [1.29, 1.82) is 0 Å². The van der Waals surface area contributed by atoms with Gasteiger partial charge in [-0.15, -0.1) is 0 Å². The molecule has 17 heavy (non-hydrogen) atoms. The van der Waals surface area contributed by atoms with E-state index in [-0.39, 0.29) is 6.61 Å². The molecule has 1 aromatic rings. The summed E-state index contributed by atoms with van der Waals surface area (Å²) in [5.41, 5.74) is 5.72. The lowest BCUT2D eigenvalue weighted by Crippen LogP contribution is -2.25. The van der Waals surface area contributed by atoms with Gasteiger partial charge in [-0.1, -0.05) is 6.92 Å². The maximum absolute atomic E-state index is 11.9. The van der Waals surface area contributed by atoms with E-state index in [4.69, 9.17) is 5.73 Å². The third-order valence-electron chi connectivity index (χ3n) is 2.11. The van der Waals surface area contributed by atoms with Crippen molar-refractivity contribution in [1.82, 2.24) is 9.55 Å². The van der Waals surface area contributed by atoms with Crippen LogP contribution in [0.4, 0.5) is 13.2 Å². The lowest BCUT2D eigenvalue weighted by molar-refractivity contribution is -0.175. The molecule has 98 valence electrons. The summed E-state index contributed by atoms with van der Waals surface area (Å²) in [7, 11) is 0. The van der Waals surface area contributed by atoms with E-state index < -0.39 is 18.8 Å². The van der Waals surface area contributed by atoms with Gasteiger partial charge >= 0.3 is 6.18 Å². The van der Waals surface area contributed by atoms with Crippen molar-refractivity contribution in [2.75, 3.05) is 13.2 Å². The summed E-state index contributed by atoms with van der Waals surface area (Å²) in [4.78, 5) is 4.03. The van der Waals surface area contributed by atoms with E-state index in [0.29, 0.717) is 5.82 Å². The van der Waals surface area contributed by atoms with Crippen LogP contribution in [-0.4, -0.2) is 28.9 Å². The minimum absolute atomic E-state index is 0.194. The minimum Gasteiger partial charge on any atom is -0.370 e. The second-order valence-corrected chi connectivity index (χ2v) is 3.72. The predicted octanol–water partition coefficient (Wildman–Crippen LogP) is 1.87. The number of rotatable bonds is 6. The Morgan fingerprint density at radius 1 is 1.53 bits per heavy atom. The minimum atomic E-state index is -4.32. The zero-order valence-electron chi connectivity index (χ0n) is 9.57. The summed E-state index contributed by atoms with van der Waals surface area (Å²) in [5.74, 6) is 0.550. The molecule has 0 aliphatic heterocycles. The molecular weight excluding hydrogens is 235 g/mol. The number of imidazole rings is 1. The third kappa shape index (κ3) is 4.74. The first-order chi connectivity index (χ1) is 7.94. The Balaban J connectivity index is 2.46. The van der Waals surface area contributed by atoms with Gasteiger partial charge in [-0.25, -0.2) is 4.98 Å². The summed E-state index contributed by atoms with van der Waals surface area (Å²) < 4.78 is 41.9. The topological polar surface area (TPSA) is 53.1 Å². The average Bonchev–Trinajstić information content (AvgIpc) is 2.64. The summed E-state index contributed by atoms with van der Waals surface area (Å²) in [5, 5.41) is 0. The first kappa shape index (κ1) is 14.0. The van der Waals surface area contributed by atoms with Crippen LogP contribution in [-0.2, 0) is 11.3 Å². The largest absolute Gasteiger partial charge is 0.411 e. The molecule has 0 aliphatic rings. The number of halogens is 3. The molecule has 0 aromatic carbocycles.